The molecular weight excluding hydrogens is 182 g/mol. The molecule has 2 heterocycles. The number of nitrogens with zero attached hydrogens (tertiary/aromatic N) is 5. The molecule has 2 rings (SSSR count). The van der Waals surface area contributed by atoms with E-state index in [0.29, 0.717) is 11.4 Å². The Kier molecular flexibility index (Phi) is 2.19. The molecule has 0 amide bonds. The number of aryl methyl sites for hydroxylation is 1. The van der Waals surface area contributed by atoms with Gasteiger partial charge in [-0.2, -0.15) is 5.10 Å². The fraction of sp³-hybridized carbons (Fsp3) is 0.250. The molecule has 1 N–H and O–H groups in total. The molecule has 14 heavy (non-hydrogen) atoms. The van der Waals surface area contributed by atoms with Crippen molar-refractivity contribution in [1.82, 2.24) is 24.7 Å². The van der Waals surface area contributed by atoms with Crippen molar-refractivity contribution in [3.63, 3.8) is 0 Å². The van der Waals surface area contributed by atoms with Crippen LogP contribution < -0.4 is 0 Å². The molecular formula is C8H9N5O. The van der Waals surface area contributed by atoms with E-state index in [9.17, 15) is 5.11 Å². The van der Waals surface area contributed by atoms with E-state index >= 15 is 0 Å². The fourth-order valence-corrected chi connectivity index (χ4v) is 1.15. The molecule has 0 saturated carbocycles. The lowest BCUT2D eigenvalue weighted by Crippen LogP contribution is -2.08. The maximum absolute atomic E-state index is 9.86. The minimum absolute atomic E-state index is 0.472. The number of aliphatic hydroxyl groups is 1. The van der Waals surface area contributed by atoms with Crippen molar-refractivity contribution < 1.29 is 5.11 Å². The first-order valence-corrected chi connectivity index (χ1v) is 4.06. The largest absolute Gasteiger partial charge is 0.380 e. The molecule has 0 saturated heterocycles. The van der Waals surface area contributed by atoms with Crippen LogP contribution in [0, 0.1) is 0 Å². The summed E-state index contributed by atoms with van der Waals surface area (Å²) in [6.07, 6.45) is 5.07. The van der Waals surface area contributed by atoms with E-state index in [2.05, 4.69) is 20.1 Å². The maximum Gasteiger partial charge on any atom is 0.160 e. The van der Waals surface area contributed by atoms with Gasteiger partial charge in [-0.25, -0.2) is 15.0 Å². The highest BCUT2D eigenvalue weighted by atomic mass is 16.3. The zero-order chi connectivity index (χ0) is 9.97. The van der Waals surface area contributed by atoms with Gasteiger partial charge in [-0.15, -0.1) is 0 Å². The molecule has 0 radical (unpaired) electrons. The number of rotatable bonds is 2. The van der Waals surface area contributed by atoms with E-state index in [1.165, 1.54) is 17.3 Å². The third kappa shape index (κ3) is 1.47. The lowest BCUT2D eigenvalue weighted by atomic mass is 10.2. The van der Waals surface area contributed by atoms with Gasteiger partial charge < -0.3 is 5.11 Å². The summed E-state index contributed by atoms with van der Waals surface area (Å²) in [5.41, 5.74) is 0.601. The number of aromatic nitrogens is 5. The molecule has 1 atom stereocenters. The molecule has 2 aromatic rings. The van der Waals surface area contributed by atoms with Crippen LogP contribution in [0.15, 0.2) is 25.0 Å². The van der Waals surface area contributed by atoms with E-state index in [0.717, 1.165) is 0 Å². The molecule has 0 spiro atoms. The van der Waals surface area contributed by atoms with Crippen LogP contribution in [0.25, 0.3) is 0 Å². The monoisotopic (exact) mass is 191 g/mol. The second kappa shape index (κ2) is 3.51. The zero-order valence-electron chi connectivity index (χ0n) is 7.57. The number of hydrogen-bond donors (Lipinski definition) is 1. The lowest BCUT2D eigenvalue weighted by Gasteiger charge is -2.07. The molecule has 0 aliphatic rings. The van der Waals surface area contributed by atoms with E-state index in [4.69, 9.17) is 0 Å². The van der Waals surface area contributed by atoms with Crippen molar-refractivity contribution in [2.45, 2.75) is 6.10 Å². The molecule has 2 aromatic heterocycles. The van der Waals surface area contributed by atoms with Gasteiger partial charge >= 0.3 is 0 Å². The average Bonchev–Trinajstić information content (AvgIpc) is 2.65. The van der Waals surface area contributed by atoms with Crippen molar-refractivity contribution in [2.75, 3.05) is 0 Å². The first-order chi connectivity index (χ1) is 6.79. The molecule has 6 nitrogen and oxygen atoms in total. The van der Waals surface area contributed by atoms with Gasteiger partial charge in [-0.1, -0.05) is 0 Å². The van der Waals surface area contributed by atoms with Crippen LogP contribution in [0.3, 0.4) is 0 Å². The van der Waals surface area contributed by atoms with Crippen molar-refractivity contribution in [3.05, 3.63) is 36.4 Å². The SMILES string of the molecule is Cn1ncnc1C(O)c1cncnc1. The summed E-state index contributed by atoms with van der Waals surface area (Å²) in [5, 5.41) is 13.7. The Balaban J connectivity index is 2.34. The van der Waals surface area contributed by atoms with Crippen LogP contribution in [0.5, 0.6) is 0 Å². The van der Waals surface area contributed by atoms with Crippen molar-refractivity contribution in [2.24, 2.45) is 7.05 Å². The standard InChI is InChI=1S/C8H9N5O/c1-13-8(11-5-12-13)7(14)6-2-9-4-10-3-6/h2-5,7,14H,1H3. The Bertz CT molecular complexity index is 413. The highest BCUT2D eigenvalue weighted by Crippen LogP contribution is 2.16. The minimum Gasteiger partial charge on any atom is -0.380 e. The van der Waals surface area contributed by atoms with Crippen LogP contribution in [-0.2, 0) is 7.05 Å². The Morgan fingerprint density at radius 1 is 1.29 bits per heavy atom. The Morgan fingerprint density at radius 3 is 2.57 bits per heavy atom. The van der Waals surface area contributed by atoms with Gasteiger partial charge in [-0.05, 0) is 0 Å². The molecule has 0 bridgehead atoms. The normalized spacial score (nSPS) is 12.7. The van der Waals surface area contributed by atoms with Crippen LogP contribution in [0.1, 0.15) is 17.5 Å². The predicted octanol–water partition coefficient (Wildman–Crippen LogP) is -0.313. The van der Waals surface area contributed by atoms with Crippen LogP contribution in [0.4, 0.5) is 0 Å². The molecule has 1 unspecified atom stereocenters. The first-order valence-electron chi connectivity index (χ1n) is 4.06. The van der Waals surface area contributed by atoms with E-state index in [-0.39, 0.29) is 0 Å². The Labute approximate surface area is 80.3 Å². The van der Waals surface area contributed by atoms with E-state index < -0.39 is 6.10 Å². The minimum atomic E-state index is -0.830. The van der Waals surface area contributed by atoms with Crippen LogP contribution >= 0.6 is 0 Å². The van der Waals surface area contributed by atoms with E-state index in [1.807, 2.05) is 0 Å². The topological polar surface area (TPSA) is 76.7 Å². The molecule has 72 valence electrons. The zero-order valence-corrected chi connectivity index (χ0v) is 7.57. The van der Waals surface area contributed by atoms with Gasteiger partial charge in [-0.3, -0.25) is 4.68 Å². The number of aliphatic hydroxyl groups excluding tert-OH is 1. The first kappa shape index (κ1) is 8.76. The second-order valence-corrected chi connectivity index (χ2v) is 2.82. The molecule has 0 fully saturated rings. The summed E-state index contributed by atoms with van der Waals surface area (Å²) < 4.78 is 1.51. The molecule has 0 aliphatic heterocycles. The van der Waals surface area contributed by atoms with Crippen LogP contribution in [0.2, 0.25) is 0 Å². The summed E-state index contributed by atoms with van der Waals surface area (Å²) in [6.45, 7) is 0. The lowest BCUT2D eigenvalue weighted by molar-refractivity contribution is 0.203. The summed E-state index contributed by atoms with van der Waals surface area (Å²) in [7, 11) is 1.72. The van der Waals surface area contributed by atoms with Gasteiger partial charge in [0.15, 0.2) is 5.82 Å². The van der Waals surface area contributed by atoms with Crippen molar-refractivity contribution in [3.8, 4) is 0 Å². The van der Waals surface area contributed by atoms with Gasteiger partial charge in [0.1, 0.15) is 18.8 Å². The second-order valence-electron chi connectivity index (χ2n) is 2.82. The Hall–Kier alpha value is -1.82. The highest BCUT2D eigenvalue weighted by molar-refractivity contribution is 5.14. The third-order valence-corrected chi connectivity index (χ3v) is 1.89. The molecule has 0 aliphatic carbocycles. The molecule has 0 aromatic carbocycles. The smallest absolute Gasteiger partial charge is 0.160 e. The number of hydrogen-bond acceptors (Lipinski definition) is 5. The quantitative estimate of drug-likeness (QED) is 0.704. The predicted molar refractivity (Wildman–Crippen MR) is 47.1 cm³/mol. The summed E-state index contributed by atoms with van der Waals surface area (Å²) in [6, 6.07) is 0. The summed E-state index contributed by atoms with van der Waals surface area (Å²) in [5.74, 6) is 0.472. The summed E-state index contributed by atoms with van der Waals surface area (Å²) >= 11 is 0. The van der Waals surface area contributed by atoms with Gasteiger partial charge in [0.05, 0.1) is 0 Å². The fourth-order valence-electron chi connectivity index (χ4n) is 1.15. The van der Waals surface area contributed by atoms with E-state index in [1.54, 1.807) is 19.4 Å². The Morgan fingerprint density at radius 2 is 2.00 bits per heavy atom. The van der Waals surface area contributed by atoms with Crippen molar-refractivity contribution >= 4 is 0 Å². The highest BCUT2D eigenvalue weighted by Gasteiger charge is 2.15. The maximum atomic E-state index is 9.86. The van der Waals surface area contributed by atoms with Gasteiger partial charge in [0.2, 0.25) is 0 Å². The van der Waals surface area contributed by atoms with Gasteiger partial charge in [0.25, 0.3) is 0 Å². The summed E-state index contributed by atoms with van der Waals surface area (Å²) in [4.78, 5) is 11.6. The van der Waals surface area contributed by atoms with Crippen LogP contribution in [-0.4, -0.2) is 29.8 Å². The molecule has 6 heteroatoms. The van der Waals surface area contributed by atoms with Gasteiger partial charge in [0, 0.05) is 25.0 Å². The van der Waals surface area contributed by atoms with Crippen molar-refractivity contribution in [1.29, 1.82) is 0 Å². The third-order valence-electron chi connectivity index (χ3n) is 1.89. The average molecular weight is 191 g/mol.